The van der Waals surface area contributed by atoms with Gasteiger partial charge in [-0.2, -0.15) is 5.10 Å². The van der Waals surface area contributed by atoms with Crippen molar-refractivity contribution in [2.75, 3.05) is 5.75 Å². The number of imidazole rings is 1. The van der Waals surface area contributed by atoms with Crippen molar-refractivity contribution >= 4 is 46.0 Å². The van der Waals surface area contributed by atoms with Gasteiger partial charge < -0.3 is 4.57 Å². The van der Waals surface area contributed by atoms with Crippen LogP contribution in [0.15, 0.2) is 83.1 Å². The Labute approximate surface area is 196 Å². The number of nitrogens with one attached hydrogen (secondary N) is 1. The molecule has 0 aliphatic heterocycles. The van der Waals surface area contributed by atoms with Crippen LogP contribution in [0.5, 0.6) is 0 Å². The second kappa shape index (κ2) is 10.0. The summed E-state index contributed by atoms with van der Waals surface area (Å²) in [5.41, 5.74) is 8.63. The van der Waals surface area contributed by atoms with E-state index in [4.69, 9.17) is 16.6 Å². The molecule has 1 aromatic heterocycles. The number of aromatic nitrogens is 2. The average Bonchev–Trinajstić information content (AvgIpc) is 3.15. The maximum atomic E-state index is 12.4. The van der Waals surface area contributed by atoms with Gasteiger partial charge in [-0.1, -0.05) is 77.5 Å². The monoisotopic (exact) mass is 462 g/mol. The molecule has 0 aliphatic rings. The number of hydrazone groups is 1. The molecule has 1 heterocycles. The number of fused-ring (bicyclic) bond motifs is 1. The minimum Gasteiger partial charge on any atom is -0.314 e. The highest BCUT2D eigenvalue weighted by molar-refractivity contribution is 7.99. The second-order valence-corrected chi connectivity index (χ2v) is 8.86. The van der Waals surface area contributed by atoms with Crippen molar-refractivity contribution in [1.82, 2.24) is 15.0 Å². The minimum absolute atomic E-state index is 0.183. The topological polar surface area (TPSA) is 59.3 Å². The molecular weight excluding hydrogens is 440 g/mol. The molecule has 0 unspecified atom stereocenters. The zero-order chi connectivity index (χ0) is 22.5. The summed E-state index contributed by atoms with van der Waals surface area (Å²) in [5, 5.41) is 5.68. The highest BCUT2D eigenvalue weighted by Crippen LogP contribution is 2.25. The van der Waals surface area contributed by atoms with E-state index < -0.39 is 0 Å². The SMILES string of the molecule is C/C(=N/NC(=O)CSc1nc2ccccc2n1Cc1ccc(C)cc1)c1ccc(Cl)cc1. The third-order valence-electron chi connectivity index (χ3n) is 5.02. The van der Waals surface area contributed by atoms with Crippen molar-refractivity contribution in [2.24, 2.45) is 5.10 Å². The van der Waals surface area contributed by atoms with Gasteiger partial charge in [-0.05, 0) is 49.2 Å². The molecule has 0 saturated carbocycles. The molecule has 0 bridgehead atoms. The maximum absolute atomic E-state index is 12.4. The molecule has 5 nitrogen and oxygen atoms in total. The highest BCUT2D eigenvalue weighted by Gasteiger charge is 2.13. The van der Waals surface area contributed by atoms with E-state index in [9.17, 15) is 4.79 Å². The summed E-state index contributed by atoms with van der Waals surface area (Å²) in [6.45, 7) is 4.61. The van der Waals surface area contributed by atoms with Crippen LogP contribution in [0, 0.1) is 6.92 Å². The smallest absolute Gasteiger partial charge is 0.250 e. The van der Waals surface area contributed by atoms with Crippen LogP contribution in [-0.4, -0.2) is 26.9 Å². The molecule has 3 aromatic carbocycles. The highest BCUT2D eigenvalue weighted by atomic mass is 35.5. The lowest BCUT2D eigenvalue weighted by Gasteiger charge is -2.09. The molecule has 7 heteroatoms. The Balaban J connectivity index is 1.46. The summed E-state index contributed by atoms with van der Waals surface area (Å²) in [4.78, 5) is 17.2. The van der Waals surface area contributed by atoms with Crippen molar-refractivity contribution in [2.45, 2.75) is 25.5 Å². The van der Waals surface area contributed by atoms with Crippen molar-refractivity contribution in [3.8, 4) is 0 Å². The van der Waals surface area contributed by atoms with E-state index in [0.717, 1.165) is 21.8 Å². The lowest BCUT2D eigenvalue weighted by molar-refractivity contribution is -0.118. The molecule has 0 aliphatic carbocycles. The van der Waals surface area contributed by atoms with Gasteiger partial charge in [0.05, 0.1) is 29.0 Å². The van der Waals surface area contributed by atoms with Crippen LogP contribution in [0.1, 0.15) is 23.6 Å². The number of rotatable bonds is 7. The van der Waals surface area contributed by atoms with E-state index in [1.54, 1.807) is 12.1 Å². The molecule has 32 heavy (non-hydrogen) atoms. The van der Waals surface area contributed by atoms with E-state index in [1.165, 1.54) is 22.9 Å². The molecule has 0 fully saturated rings. The zero-order valence-corrected chi connectivity index (χ0v) is 19.5. The first-order valence-electron chi connectivity index (χ1n) is 10.2. The Morgan fingerprint density at radius 1 is 1.06 bits per heavy atom. The van der Waals surface area contributed by atoms with E-state index >= 15 is 0 Å². The minimum atomic E-state index is -0.183. The first-order chi connectivity index (χ1) is 15.5. The number of amides is 1. The molecule has 0 spiro atoms. The molecule has 1 N–H and O–H groups in total. The number of thioether (sulfide) groups is 1. The van der Waals surface area contributed by atoms with Gasteiger partial charge in [0.25, 0.3) is 5.91 Å². The largest absolute Gasteiger partial charge is 0.314 e. The zero-order valence-electron chi connectivity index (χ0n) is 17.9. The molecular formula is C25H23ClN4OS. The van der Waals surface area contributed by atoms with Crippen LogP contribution in [-0.2, 0) is 11.3 Å². The first kappa shape index (κ1) is 22.1. The standard InChI is InChI=1S/C25H23ClN4OS/c1-17-7-9-19(10-8-17)15-30-23-6-4-3-5-22(23)27-25(30)32-16-24(31)29-28-18(2)20-11-13-21(26)14-12-20/h3-14H,15-16H2,1-2H3,(H,29,31)/b28-18-. The van der Waals surface area contributed by atoms with Gasteiger partial charge in [0.2, 0.25) is 0 Å². The average molecular weight is 463 g/mol. The van der Waals surface area contributed by atoms with Crippen molar-refractivity contribution < 1.29 is 4.79 Å². The van der Waals surface area contributed by atoms with E-state index in [0.29, 0.717) is 17.3 Å². The third kappa shape index (κ3) is 5.39. The number of para-hydroxylation sites is 2. The predicted molar refractivity (Wildman–Crippen MR) is 133 cm³/mol. The summed E-state index contributed by atoms with van der Waals surface area (Å²) in [5.74, 6) is 0.0338. The van der Waals surface area contributed by atoms with Gasteiger partial charge in [0.15, 0.2) is 5.16 Å². The molecule has 162 valence electrons. The number of nitrogens with zero attached hydrogens (tertiary/aromatic N) is 3. The van der Waals surface area contributed by atoms with Crippen LogP contribution in [0.2, 0.25) is 5.02 Å². The number of aryl methyl sites for hydroxylation is 1. The fourth-order valence-corrected chi connectivity index (χ4v) is 4.19. The number of hydrogen-bond acceptors (Lipinski definition) is 4. The molecule has 4 rings (SSSR count). The summed E-state index contributed by atoms with van der Waals surface area (Å²) in [7, 11) is 0. The summed E-state index contributed by atoms with van der Waals surface area (Å²) in [6.07, 6.45) is 0. The van der Waals surface area contributed by atoms with Crippen LogP contribution >= 0.6 is 23.4 Å². The molecule has 0 radical (unpaired) electrons. The Morgan fingerprint density at radius 2 is 1.78 bits per heavy atom. The Bertz CT molecular complexity index is 1260. The van der Waals surface area contributed by atoms with E-state index in [-0.39, 0.29) is 11.7 Å². The second-order valence-electron chi connectivity index (χ2n) is 7.48. The quantitative estimate of drug-likeness (QED) is 0.218. The first-order valence-corrected chi connectivity index (χ1v) is 11.6. The number of halogens is 1. The van der Waals surface area contributed by atoms with Crippen LogP contribution < -0.4 is 5.43 Å². The number of hydrogen-bond donors (Lipinski definition) is 1. The maximum Gasteiger partial charge on any atom is 0.250 e. The fraction of sp³-hybridized carbons (Fsp3) is 0.160. The Morgan fingerprint density at radius 3 is 2.53 bits per heavy atom. The Kier molecular flexibility index (Phi) is 6.93. The molecule has 0 saturated heterocycles. The van der Waals surface area contributed by atoms with Crippen molar-refractivity contribution in [3.05, 3.63) is 94.5 Å². The van der Waals surface area contributed by atoms with Gasteiger partial charge >= 0.3 is 0 Å². The van der Waals surface area contributed by atoms with E-state index in [1.807, 2.05) is 37.3 Å². The summed E-state index contributed by atoms with van der Waals surface area (Å²) >= 11 is 7.33. The van der Waals surface area contributed by atoms with Crippen molar-refractivity contribution in [1.29, 1.82) is 0 Å². The predicted octanol–water partition coefficient (Wildman–Crippen LogP) is 5.68. The van der Waals surface area contributed by atoms with Crippen molar-refractivity contribution in [3.63, 3.8) is 0 Å². The summed E-state index contributed by atoms with van der Waals surface area (Å²) < 4.78 is 2.15. The number of benzene rings is 3. The van der Waals surface area contributed by atoms with Crippen LogP contribution in [0.4, 0.5) is 0 Å². The van der Waals surface area contributed by atoms with Gasteiger partial charge in [-0.25, -0.2) is 10.4 Å². The summed E-state index contributed by atoms with van der Waals surface area (Å²) in [6, 6.07) is 23.8. The van der Waals surface area contributed by atoms with Gasteiger partial charge in [0, 0.05) is 5.02 Å². The normalized spacial score (nSPS) is 11.7. The lowest BCUT2D eigenvalue weighted by atomic mass is 10.1. The van der Waals surface area contributed by atoms with E-state index in [2.05, 4.69) is 52.3 Å². The van der Waals surface area contributed by atoms with Gasteiger partial charge in [-0.3, -0.25) is 4.79 Å². The fourth-order valence-electron chi connectivity index (χ4n) is 3.26. The van der Waals surface area contributed by atoms with Crippen LogP contribution in [0.25, 0.3) is 11.0 Å². The molecule has 4 aromatic rings. The Hall–Kier alpha value is -3.09. The van der Waals surface area contributed by atoms with Gasteiger partial charge in [-0.15, -0.1) is 0 Å². The molecule has 0 atom stereocenters. The lowest BCUT2D eigenvalue weighted by Crippen LogP contribution is -2.21. The third-order valence-corrected chi connectivity index (χ3v) is 6.25. The number of carbonyl (C=O) groups excluding carboxylic acids is 1. The van der Waals surface area contributed by atoms with Crippen LogP contribution in [0.3, 0.4) is 0 Å². The number of carbonyl (C=O) groups is 1. The molecule has 1 amide bonds. The van der Waals surface area contributed by atoms with Gasteiger partial charge in [0.1, 0.15) is 0 Å².